The van der Waals surface area contributed by atoms with E-state index in [-0.39, 0.29) is 12.1 Å². The molecule has 8 nitrogen and oxygen atoms in total. The van der Waals surface area contributed by atoms with Crippen LogP contribution in [0.3, 0.4) is 0 Å². The van der Waals surface area contributed by atoms with E-state index < -0.39 is 16.9 Å². The second-order valence-corrected chi connectivity index (χ2v) is 5.34. The van der Waals surface area contributed by atoms with Crippen LogP contribution >= 0.6 is 0 Å². The minimum Gasteiger partial charge on any atom is -0.480 e. The van der Waals surface area contributed by atoms with Gasteiger partial charge in [-0.1, -0.05) is 0 Å². The molecule has 3 rings (SSSR count). The molecule has 0 fully saturated rings. The number of hydrogen-bond acceptors (Lipinski definition) is 5. The van der Waals surface area contributed by atoms with E-state index >= 15 is 0 Å². The van der Waals surface area contributed by atoms with Crippen LogP contribution in [0.5, 0.6) is 0 Å². The molecule has 0 radical (unpaired) electrons. The highest BCUT2D eigenvalue weighted by molar-refractivity contribution is 6.02. The van der Waals surface area contributed by atoms with Crippen molar-refractivity contribution in [2.24, 2.45) is 5.73 Å². The summed E-state index contributed by atoms with van der Waals surface area (Å²) in [4.78, 5) is 28.7. The second kappa shape index (κ2) is 6.09. The van der Waals surface area contributed by atoms with Gasteiger partial charge in [0.25, 0.3) is 5.69 Å². The first kappa shape index (κ1) is 15.6. The van der Waals surface area contributed by atoms with Gasteiger partial charge in [-0.3, -0.25) is 19.9 Å². The van der Waals surface area contributed by atoms with E-state index in [1.54, 1.807) is 36.8 Å². The van der Waals surface area contributed by atoms with E-state index in [0.717, 1.165) is 11.1 Å². The predicted octanol–water partition coefficient (Wildman–Crippen LogP) is 2.09. The van der Waals surface area contributed by atoms with Gasteiger partial charge in [0.2, 0.25) is 0 Å². The number of rotatable bonds is 5. The standard InChI is InChI=1S/C16H14N4O4/c17-12(16(21)22)7-10-8-19-15-13(20(23)24)2-1-11(14(10)15)9-3-5-18-6-4-9/h1-6,8,12,19H,7,17H2,(H,21,22). The van der Waals surface area contributed by atoms with Crippen LogP contribution in [0.1, 0.15) is 5.56 Å². The number of aromatic nitrogens is 2. The zero-order valence-electron chi connectivity index (χ0n) is 12.5. The molecule has 2 aromatic heterocycles. The second-order valence-electron chi connectivity index (χ2n) is 5.34. The van der Waals surface area contributed by atoms with Crippen LogP contribution in [-0.2, 0) is 11.2 Å². The van der Waals surface area contributed by atoms with Crippen LogP contribution in [0.2, 0.25) is 0 Å². The number of carbonyl (C=O) groups is 1. The first-order chi connectivity index (χ1) is 11.5. The van der Waals surface area contributed by atoms with Crippen molar-refractivity contribution in [1.82, 2.24) is 9.97 Å². The van der Waals surface area contributed by atoms with Crippen molar-refractivity contribution in [3.05, 3.63) is 58.5 Å². The lowest BCUT2D eigenvalue weighted by Crippen LogP contribution is -2.32. The molecule has 8 heteroatoms. The van der Waals surface area contributed by atoms with Gasteiger partial charge in [0, 0.05) is 36.5 Å². The normalized spacial score (nSPS) is 12.2. The summed E-state index contributed by atoms with van der Waals surface area (Å²) in [5.74, 6) is -1.12. The lowest BCUT2D eigenvalue weighted by Gasteiger charge is -2.09. The third kappa shape index (κ3) is 2.70. The van der Waals surface area contributed by atoms with Crippen LogP contribution in [-0.4, -0.2) is 32.0 Å². The Labute approximate surface area is 136 Å². The molecule has 1 atom stereocenters. The fourth-order valence-corrected chi connectivity index (χ4v) is 2.71. The van der Waals surface area contributed by atoms with Gasteiger partial charge in [0.1, 0.15) is 11.6 Å². The van der Waals surface area contributed by atoms with Crippen molar-refractivity contribution in [3.8, 4) is 11.1 Å². The molecule has 24 heavy (non-hydrogen) atoms. The molecular formula is C16H14N4O4. The molecule has 0 amide bonds. The number of benzene rings is 1. The summed E-state index contributed by atoms with van der Waals surface area (Å²) < 4.78 is 0. The molecule has 122 valence electrons. The summed E-state index contributed by atoms with van der Waals surface area (Å²) in [7, 11) is 0. The molecule has 1 aromatic carbocycles. The van der Waals surface area contributed by atoms with E-state index in [4.69, 9.17) is 10.8 Å². The van der Waals surface area contributed by atoms with Crippen molar-refractivity contribution >= 4 is 22.6 Å². The highest BCUT2D eigenvalue weighted by Gasteiger charge is 2.22. The van der Waals surface area contributed by atoms with Crippen LogP contribution in [0.25, 0.3) is 22.0 Å². The molecular weight excluding hydrogens is 312 g/mol. The van der Waals surface area contributed by atoms with Crippen molar-refractivity contribution in [2.75, 3.05) is 0 Å². The van der Waals surface area contributed by atoms with Gasteiger partial charge in [-0.05, 0) is 34.9 Å². The van der Waals surface area contributed by atoms with E-state index in [1.165, 1.54) is 6.07 Å². The quantitative estimate of drug-likeness (QED) is 0.485. The summed E-state index contributed by atoms with van der Waals surface area (Å²) in [6.45, 7) is 0. The summed E-state index contributed by atoms with van der Waals surface area (Å²) in [5.41, 5.74) is 8.11. The molecule has 0 aliphatic heterocycles. The lowest BCUT2D eigenvalue weighted by molar-refractivity contribution is -0.383. The maximum atomic E-state index is 11.3. The summed E-state index contributed by atoms with van der Waals surface area (Å²) >= 11 is 0. The Morgan fingerprint density at radius 1 is 1.33 bits per heavy atom. The number of H-pyrrole nitrogens is 1. The molecule has 0 spiro atoms. The fourth-order valence-electron chi connectivity index (χ4n) is 2.71. The zero-order valence-corrected chi connectivity index (χ0v) is 12.5. The number of carboxylic acid groups (broad SMARTS) is 1. The molecule has 0 bridgehead atoms. The Bertz CT molecular complexity index is 920. The molecule has 2 heterocycles. The van der Waals surface area contributed by atoms with Gasteiger partial charge < -0.3 is 15.8 Å². The van der Waals surface area contributed by atoms with Crippen LogP contribution < -0.4 is 5.73 Å². The molecule has 3 aromatic rings. The fraction of sp³-hybridized carbons (Fsp3) is 0.125. The number of nitrogens with two attached hydrogens (primary N) is 1. The van der Waals surface area contributed by atoms with Gasteiger partial charge in [0.05, 0.1) is 4.92 Å². The van der Waals surface area contributed by atoms with Gasteiger partial charge >= 0.3 is 5.97 Å². The summed E-state index contributed by atoms with van der Waals surface area (Å²) in [6, 6.07) is 5.56. The van der Waals surface area contributed by atoms with E-state index in [0.29, 0.717) is 16.5 Å². The predicted molar refractivity (Wildman–Crippen MR) is 87.5 cm³/mol. The number of pyridine rings is 1. The average molecular weight is 326 g/mol. The largest absolute Gasteiger partial charge is 0.480 e. The third-order valence-electron chi connectivity index (χ3n) is 3.84. The number of nitrogens with one attached hydrogen (secondary N) is 1. The number of nitrogens with zero attached hydrogens (tertiary/aromatic N) is 2. The number of nitro benzene ring substituents is 1. The molecule has 4 N–H and O–H groups in total. The number of aliphatic carboxylic acids is 1. The minimum absolute atomic E-state index is 0.0641. The zero-order chi connectivity index (χ0) is 17.3. The average Bonchev–Trinajstić information content (AvgIpc) is 2.98. The number of aromatic amines is 1. The first-order valence-electron chi connectivity index (χ1n) is 7.15. The summed E-state index contributed by atoms with van der Waals surface area (Å²) in [6.07, 6.45) is 4.88. The smallest absolute Gasteiger partial charge is 0.320 e. The molecule has 1 unspecified atom stereocenters. The van der Waals surface area contributed by atoms with Gasteiger partial charge in [-0.15, -0.1) is 0 Å². The van der Waals surface area contributed by atoms with Crippen LogP contribution in [0, 0.1) is 10.1 Å². The number of fused-ring (bicyclic) bond motifs is 1. The topological polar surface area (TPSA) is 135 Å². The number of nitro groups is 1. The molecule has 0 saturated heterocycles. The van der Waals surface area contributed by atoms with Crippen molar-refractivity contribution in [3.63, 3.8) is 0 Å². The number of hydrogen-bond donors (Lipinski definition) is 3. The SMILES string of the molecule is NC(Cc1c[nH]c2c([N+](=O)[O-])ccc(-c3ccncc3)c12)C(=O)O. The minimum atomic E-state index is -1.12. The first-order valence-corrected chi connectivity index (χ1v) is 7.15. The number of non-ortho nitro benzene ring substituents is 1. The van der Waals surface area contributed by atoms with Crippen molar-refractivity contribution in [1.29, 1.82) is 0 Å². The molecule has 0 saturated carbocycles. The Morgan fingerprint density at radius 2 is 2.04 bits per heavy atom. The highest BCUT2D eigenvalue weighted by atomic mass is 16.6. The monoisotopic (exact) mass is 326 g/mol. The Kier molecular flexibility index (Phi) is 3.97. The lowest BCUT2D eigenvalue weighted by atomic mass is 9.96. The maximum absolute atomic E-state index is 11.3. The van der Waals surface area contributed by atoms with Gasteiger partial charge in [0.15, 0.2) is 0 Å². The summed E-state index contributed by atoms with van der Waals surface area (Å²) in [5, 5.41) is 20.9. The molecule has 0 aliphatic carbocycles. The van der Waals surface area contributed by atoms with E-state index in [1.807, 2.05) is 0 Å². The van der Waals surface area contributed by atoms with Crippen molar-refractivity contribution < 1.29 is 14.8 Å². The maximum Gasteiger partial charge on any atom is 0.320 e. The number of carboxylic acids is 1. The van der Waals surface area contributed by atoms with Crippen molar-refractivity contribution in [2.45, 2.75) is 12.5 Å². The third-order valence-corrected chi connectivity index (χ3v) is 3.84. The van der Waals surface area contributed by atoms with Gasteiger partial charge in [-0.2, -0.15) is 0 Å². The Hall–Kier alpha value is -3.26. The van der Waals surface area contributed by atoms with Gasteiger partial charge in [-0.25, -0.2) is 0 Å². The Morgan fingerprint density at radius 3 is 2.67 bits per heavy atom. The van der Waals surface area contributed by atoms with E-state index in [9.17, 15) is 14.9 Å². The van der Waals surface area contributed by atoms with E-state index in [2.05, 4.69) is 9.97 Å². The Balaban J connectivity index is 2.24. The molecule has 0 aliphatic rings. The highest BCUT2D eigenvalue weighted by Crippen LogP contribution is 2.36. The van der Waals surface area contributed by atoms with Crippen LogP contribution in [0.4, 0.5) is 5.69 Å². The van der Waals surface area contributed by atoms with Crippen LogP contribution in [0.15, 0.2) is 42.9 Å².